The van der Waals surface area contributed by atoms with Crippen molar-refractivity contribution in [2.45, 2.75) is 154 Å². The van der Waals surface area contributed by atoms with Crippen molar-refractivity contribution in [3.8, 4) is 0 Å². The fourth-order valence-electron chi connectivity index (χ4n) is 11.5. The second kappa shape index (κ2) is 36.2. The van der Waals surface area contributed by atoms with Gasteiger partial charge in [-0.1, -0.05) is 129 Å². The minimum Gasteiger partial charge on any atom is -0.459 e. The summed E-state index contributed by atoms with van der Waals surface area (Å²) in [6.07, 6.45) is 14.7. The van der Waals surface area contributed by atoms with Gasteiger partial charge in [-0.05, 0) is 126 Å². The number of nitrogens with one attached hydrogen (secondary N) is 5. The molecule has 0 saturated heterocycles. The largest absolute Gasteiger partial charge is 0.459 e. The number of hydrogen-bond donors (Lipinski definition) is 5. The van der Waals surface area contributed by atoms with Crippen LogP contribution in [0, 0.1) is 0 Å². The van der Waals surface area contributed by atoms with Crippen molar-refractivity contribution in [1.29, 1.82) is 0 Å². The number of benzene rings is 4. The first-order chi connectivity index (χ1) is 46.1. The molecular formula is C80H101ClN10O9. The van der Waals surface area contributed by atoms with Crippen molar-refractivity contribution < 1.29 is 41.6 Å². The van der Waals surface area contributed by atoms with Crippen LogP contribution in [0.4, 0.5) is 11.6 Å². The normalized spacial score (nSPS) is 13.3. The van der Waals surface area contributed by atoms with Gasteiger partial charge in [-0.3, -0.25) is 34.6 Å². The molecule has 0 bridgehead atoms. The molecule has 10 aromatic rings. The summed E-state index contributed by atoms with van der Waals surface area (Å²) in [5.41, 5.74) is 10.3. The molecule has 20 heteroatoms. The lowest BCUT2D eigenvalue weighted by molar-refractivity contribution is -0.126. The van der Waals surface area contributed by atoms with Crippen LogP contribution in [0.3, 0.4) is 0 Å². The third kappa shape index (κ3) is 19.1. The van der Waals surface area contributed by atoms with Crippen LogP contribution < -0.4 is 26.6 Å². The molecule has 19 nitrogen and oxygen atoms in total. The highest BCUT2D eigenvalue weighted by Crippen LogP contribution is 2.32. The Morgan fingerprint density at radius 2 is 0.810 bits per heavy atom. The smallest absolute Gasteiger partial charge is 0.246 e. The maximum absolute atomic E-state index is 12.7. The van der Waals surface area contributed by atoms with Crippen LogP contribution in [0.25, 0.3) is 56.0 Å². The number of halogens is 1. The van der Waals surface area contributed by atoms with Gasteiger partial charge in [-0.2, -0.15) is 0 Å². The number of nitrogens with zero attached hydrogens (tertiary/aromatic N) is 5. The monoisotopic (exact) mass is 1380 g/mol. The van der Waals surface area contributed by atoms with Gasteiger partial charge in [-0.25, -0.2) is 9.97 Å². The number of carbonyl (C=O) groups is 5. The van der Waals surface area contributed by atoms with E-state index in [0.717, 1.165) is 127 Å². The number of anilines is 2. The van der Waals surface area contributed by atoms with Gasteiger partial charge in [0.2, 0.25) is 29.5 Å². The summed E-state index contributed by atoms with van der Waals surface area (Å²) in [4.78, 5) is 75.0. The zero-order valence-corrected chi connectivity index (χ0v) is 58.3. The zero-order valence-electron chi connectivity index (χ0n) is 57.5. The maximum Gasteiger partial charge on any atom is 0.246 e. The van der Waals surface area contributed by atoms with E-state index in [4.69, 9.17) is 17.7 Å². The average molecular weight is 1380 g/mol. The number of aryl methyl sites for hydroxylation is 4. The summed E-state index contributed by atoms with van der Waals surface area (Å²) >= 11 is 0. The van der Waals surface area contributed by atoms with Crippen LogP contribution in [0.2, 0.25) is 0 Å². The molecule has 2 aliphatic heterocycles. The second-order valence-electron chi connectivity index (χ2n) is 24.8. The first kappa shape index (κ1) is 80.8. The predicted octanol–water partition coefficient (Wildman–Crippen LogP) is 15.9. The third-order valence-electron chi connectivity index (χ3n) is 17.2. The molecular weight excluding hydrogens is 1280 g/mol. The van der Waals surface area contributed by atoms with Gasteiger partial charge >= 0.3 is 0 Å². The molecule has 2 aliphatic rings. The van der Waals surface area contributed by atoms with Gasteiger partial charge < -0.3 is 48.3 Å². The van der Waals surface area contributed by atoms with Crippen LogP contribution >= 0.6 is 12.4 Å². The third-order valence-corrected chi connectivity index (χ3v) is 17.2. The van der Waals surface area contributed by atoms with Crippen LogP contribution in [0.15, 0.2) is 164 Å². The molecule has 8 heterocycles. The highest BCUT2D eigenvalue weighted by atomic mass is 35.5. The highest BCUT2D eigenvalue weighted by Gasteiger charge is 2.32. The van der Waals surface area contributed by atoms with Crippen molar-refractivity contribution in [3.63, 3.8) is 0 Å². The lowest BCUT2D eigenvalue weighted by Gasteiger charge is -2.21. The van der Waals surface area contributed by atoms with E-state index >= 15 is 0 Å². The van der Waals surface area contributed by atoms with Gasteiger partial charge in [0.15, 0.2) is 0 Å². The molecule has 532 valence electrons. The molecule has 4 aromatic carbocycles. The lowest BCUT2D eigenvalue weighted by atomic mass is 10.1. The first-order valence-electron chi connectivity index (χ1n) is 32.6. The maximum atomic E-state index is 12.7. The van der Waals surface area contributed by atoms with Gasteiger partial charge in [0.05, 0.1) is 37.3 Å². The molecule has 0 unspecified atom stereocenters. The van der Waals surface area contributed by atoms with E-state index in [9.17, 15) is 24.0 Å². The number of furan rings is 4. The number of para-hydroxylation sites is 4. The lowest BCUT2D eigenvalue weighted by Crippen LogP contribution is -2.47. The SMILES string of the molecule is C.C.C.C=CC(=O)N(C)Cc1oc2ccccc2c1CC.CCc1c(CN(C)C(=O)/C=C/c2cnc3c(c2)CNC(C)(C)C(=O)N3)oc2ccccc12.CCc1c(CN(C)C(=O)/C=C/c2cnc3c(c2)CNC(C)(C)C(=O)N3)oc2ccccc12.CCc1c(CNC)oc2ccccc12.Cl. The Labute approximate surface area is 595 Å². The van der Waals surface area contributed by atoms with Crippen LogP contribution in [-0.2, 0) is 88.9 Å². The Bertz CT molecular complexity index is 4340. The Morgan fingerprint density at radius 1 is 0.510 bits per heavy atom. The number of likely N-dealkylation sites (N-methyl/N-ethyl adjacent to an activating group) is 3. The van der Waals surface area contributed by atoms with Gasteiger partial charge in [-0.15, -0.1) is 12.4 Å². The summed E-state index contributed by atoms with van der Waals surface area (Å²) in [7, 11) is 7.20. The van der Waals surface area contributed by atoms with E-state index in [-0.39, 0.29) is 64.2 Å². The molecule has 5 amide bonds. The van der Waals surface area contributed by atoms with Crippen LogP contribution in [0.1, 0.15) is 145 Å². The molecule has 0 spiro atoms. The minimum atomic E-state index is -0.677. The summed E-state index contributed by atoms with van der Waals surface area (Å²) in [5.74, 6) is 4.04. The minimum absolute atomic E-state index is 0. The summed E-state index contributed by atoms with van der Waals surface area (Å²) < 4.78 is 23.6. The number of rotatable bonds is 17. The van der Waals surface area contributed by atoms with Crippen LogP contribution in [-0.4, -0.2) is 93.5 Å². The van der Waals surface area contributed by atoms with Crippen molar-refractivity contribution in [3.05, 3.63) is 214 Å². The average Bonchev–Trinajstić information content (AvgIpc) is 1.67. The number of pyridine rings is 2. The molecule has 0 radical (unpaired) electrons. The number of hydrogen-bond acceptors (Lipinski definition) is 14. The van der Waals surface area contributed by atoms with Gasteiger partial charge in [0.1, 0.15) is 57.0 Å². The number of aromatic nitrogens is 2. The van der Waals surface area contributed by atoms with E-state index in [2.05, 4.69) is 89.0 Å². The second-order valence-corrected chi connectivity index (χ2v) is 24.8. The van der Waals surface area contributed by atoms with E-state index in [1.165, 1.54) is 34.7 Å². The van der Waals surface area contributed by atoms with Crippen molar-refractivity contribution in [2.75, 3.05) is 38.8 Å². The topological polar surface area (TPSA) is 234 Å². The van der Waals surface area contributed by atoms with Gasteiger partial charge in [0.25, 0.3) is 0 Å². The Hall–Kier alpha value is -9.92. The predicted molar refractivity (Wildman–Crippen MR) is 408 cm³/mol. The molecule has 6 aromatic heterocycles. The Balaban J connectivity index is 0.000000249. The molecule has 5 N–H and O–H groups in total. The number of fused-ring (bicyclic) bond motifs is 6. The molecule has 0 aliphatic carbocycles. The Kier molecular flexibility index (Phi) is 29.3. The fourth-order valence-corrected chi connectivity index (χ4v) is 11.5. The summed E-state index contributed by atoms with van der Waals surface area (Å²) in [6, 6.07) is 35.9. The van der Waals surface area contributed by atoms with Crippen LogP contribution in [0.5, 0.6) is 0 Å². The highest BCUT2D eigenvalue weighted by molar-refractivity contribution is 5.99. The standard InChI is InChI=1S/2C25H28N4O3.C15H17NO2.C12H15NO.3CH4.ClH/c2*1-5-18-19-8-6-7-9-20(19)32-21(18)15-29(4)22(30)11-10-16-12-17-14-27-25(2,3)24(31)28-23(17)26-13-16;1-4-11-12-8-6-7-9-13(12)18-14(11)10-16(3)15(17)5-2;1-3-9-10-6-4-5-7-11(10)14-12(9)8-13-2;;;;/h2*6-13,27H,5,14-15H2,1-4H3,(H,26,28,31);5-9H,2,4,10H2,1,3H3;4-7,13H,3,8H2,1-2H3;3*1H4;1H/b2*11-10+;;;;;;. The van der Waals surface area contributed by atoms with E-state index in [1.807, 2.05) is 126 Å². The van der Waals surface area contributed by atoms with Gasteiger partial charge in [0, 0.05) is 114 Å². The number of carbonyl (C=O) groups excluding carboxylic acids is 5. The molecule has 100 heavy (non-hydrogen) atoms. The van der Waals surface area contributed by atoms with E-state index in [0.29, 0.717) is 44.4 Å². The number of amides is 5. The zero-order chi connectivity index (χ0) is 68.8. The quantitative estimate of drug-likeness (QED) is 0.0534. The molecule has 12 rings (SSSR count). The summed E-state index contributed by atoms with van der Waals surface area (Å²) in [5, 5.41) is 19.9. The van der Waals surface area contributed by atoms with Crippen molar-refractivity contribution in [1.82, 2.24) is 40.6 Å². The molecule has 0 atom stereocenters. The van der Waals surface area contributed by atoms with E-state index < -0.39 is 11.1 Å². The van der Waals surface area contributed by atoms with Crippen molar-refractivity contribution >= 4 is 110 Å². The molecule has 0 saturated carbocycles. The summed E-state index contributed by atoms with van der Waals surface area (Å²) in [6.45, 7) is 22.3. The Morgan fingerprint density at radius 3 is 1.12 bits per heavy atom. The first-order valence-corrected chi connectivity index (χ1v) is 32.6. The van der Waals surface area contributed by atoms with E-state index in [1.54, 1.807) is 60.4 Å². The molecule has 0 fully saturated rings. The van der Waals surface area contributed by atoms with Crippen molar-refractivity contribution in [2.24, 2.45) is 0 Å². The fraction of sp³-hybridized carbons (Fsp3) is 0.338.